The topological polar surface area (TPSA) is 3.24 Å². The average molecular weight is 561 g/mol. The number of allylic oxidation sites excluding steroid dienone is 7. The summed E-state index contributed by atoms with van der Waals surface area (Å²) >= 11 is 0. The molecule has 0 unspecified atom stereocenters. The minimum atomic E-state index is 0.102. The maximum absolute atomic E-state index is 4.20. The molecule has 0 fully saturated rings. The summed E-state index contributed by atoms with van der Waals surface area (Å²) in [4.78, 5) is 2.57. The van der Waals surface area contributed by atoms with E-state index in [-0.39, 0.29) is 13.4 Å². The highest BCUT2D eigenvalue weighted by molar-refractivity contribution is 7.00. The van der Waals surface area contributed by atoms with Gasteiger partial charge >= 0.3 is 0 Å². The van der Waals surface area contributed by atoms with Gasteiger partial charge in [0.15, 0.2) is 0 Å². The second-order valence-corrected chi connectivity index (χ2v) is 11.9. The molecule has 0 spiro atoms. The third kappa shape index (κ3) is 4.19. The van der Waals surface area contributed by atoms with Crippen LogP contribution in [0.3, 0.4) is 0 Å². The van der Waals surface area contributed by atoms with E-state index in [1.807, 2.05) is 6.08 Å². The fourth-order valence-corrected chi connectivity index (χ4v) is 7.59. The molecule has 0 amide bonds. The lowest BCUT2D eigenvalue weighted by Gasteiger charge is -2.44. The molecule has 0 saturated heterocycles. The number of para-hydroxylation sites is 1. The van der Waals surface area contributed by atoms with Gasteiger partial charge < -0.3 is 4.90 Å². The number of benzene rings is 5. The lowest BCUT2D eigenvalue weighted by Crippen LogP contribution is -2.63. The second-order valence-electron chi connectivity index (χ2n) is 11.9. The van der Waals surface area contributed by atoms with Crippen molar-refractivity contribution >= 4 is 63.4 Å². The van der Waals surface area contributed by atoms with Crippen LogP contribution in [0, 0.1) is 0 Å². The van der Waals surface area contributed by atoms with Crippen LogP contribution in [0.15, 0.2) is 158 Å². The zero-order chi connectivity index (χ0) is 29.6. The molecule has 0 radical (unpaired) electrons. The van der Waals surface area contributed by atoms with Crippen LogP contribution >= 0.6 is 0 Å². The van der Waals surface area contributed by atoms with E-state index in [0.717, 1.165) is 12.8 Å². The molecule has 5 aromatic carbocycles. The maximum Gasteiger partial charge on any atom is 0.246 e. The van der Waals surface area contributed by atoms with Gasteiger partial charge in [0, 0.05) is 17.1 Å². The smallest absolute Gasteiger partial charge is 0.246 e. The van der Waals surface area contributed by atoms with Gasteiger partial charge in [0.2, 0.25) is 13.4 Å². The van der Waals surface area contributed by atoms with E-state index in [2.05, 4.69) is 158 Å². The summed E-state index contributed by atoms with van der Waals surface area (Å²) in [7, 11) is 0. The molecule has 208 valence electrons. The molecule has 8 rings (SSSR count). The van der Waals surface area contributed by atoms with E-state index in [1.165, 1.54) is 72.1 Å². The zero-order valence-corrected chi connectivity index (χ0v) is 25.1. The number of fused-ring (bicyclic) bond motifs is 4. The van der Waals surface area contributed by atoms with Crippen molar-refractivity contribution in [2.45, 2.75) is 19.8 Å². The summed E-state index contributed by atoms with van der Waals surface area (Å²) in [6.45, 7) is 6.57. The van der Waals surface area contributed by atoms with E-state index in [4.69, 9.17) is 0 Å². The lowest BCUT2D eigenvalue weighted by atomic mass is 9.30. The molecular formula is C41H33B2N. The van der Waals surface area contributed by atoms with Crippen LogP contribution in [0.5, 0.6) is 0 Å². The van der Waals surface area contributed by atoms with Crippen LogP contribution < -0.4 is 32.2 Å². The fraction of sp³-hybridized carbons (Fsp3) is 0.0732. The second kappa shape index (κ2) is 10.9. The van der Waals surface area contributed by atoms with Crippen molar-refractivity contribution in [1.29, 1.82) is 0 Å². The zero-order valence-electron chi connectivity index (χ0n) is 25.1. The highest BCUT2D eigenvalue weighted by Gasteiger charge is 2.44. The van der Waals surface area contributed by atoms with Crippen molar-refractivity contribution in [3.05, 3.63) is 163 Å². The van der Waals surface area contributed by atoms with Gasteiger partial charge in [0.05, 0.1) is 0 Å². The molecule has 0 bridgehead atoms. The van der Waals surface area contributed by atoms with Gasteiger partial charge in [-0.15, -0.1) is 0 Å². The normalized spacial score (nSPS) is 14.9. The Kier molecular flexibility index (Phi) is 6.60. The van der Waals surface area contributed by atoms with Crippen molar-refractivity contribution in [2.24, 2.45) is 0 Å². The third-order valence-corrected chi connectivity index (χ3v) is 9.55. The molecule has 44 heavy (non-hydrogen) atoms. The molecule has 3 heteroatoms. The molecule has 1 aliphatic carbocycles. The Morgan fingerprint density at radius 3 is 2.11 bits per heavy atom. The molecule has 0 atom stereocenters. The SMILES string of the molecule is C=C/C(=C\C)c1cc2c3c(c1)B(c1ccccc1)c1ccc(-c4ccccc4)cc1N3c1ccccc1B2C1=CCCC=C1. The van der Waals surface area contributed by atoms with Crippen LogP contribution in [0.4, 0.5) is 17.1 Å². The van der Waals surface area contributed by atoms with Gasteiger partial charge in [-0.3, -0.25) is 0 Å². The number of hydrogen-bond acceptors (Lipinski definition) is 1. The van der Waals surface area contributed by atoms with E-state index in [9.17, 15) is 0 Å². The first-order valence-corrected chi connectivity index (χ1v) is 15.7. The van der Waals surface area contributed by atoms with Gasteiger partial charge in [-0.05, 0) is 76.0 Å². The van der Waals surface area contributed by atoms with E-state index in [0.29, 0.717) is 0 Å². The Hall–Kier alpha value is -5.01. The van der Waals surface area contributed by atoms with Crippen LogP contribution in [0.2, 0.25) is 0 Å². The van der Waals surface area contributed by atoms with Gasteiger partial charge in [-0.25, -0.2) is 0 Å². The molecule has 1 nitrogen and oxygen atoms in total. The minimum absolute atomic E-state index is 0.102. The average Bonchev–Trinajstić information content (AvgIpc) is 3.09. The lowest BCUT2D eigenvalue weighted by molar-refractivity contribution is 1.03. The molecule has 2 heterocycles. The summed E-state index contributed by atoms with van der Waals surface area (Å²) in [6.07, 6.45) is 13.5. The largest absolute Gasteiger partial charge is 0.313 e. The highest BCUT2D eigenvalue weighted by Crippen LogP contribution is 2.40. The van der Waals surface area contributed by atoms with Crippen molar-refractivity contribution in [2.75, 3.05) is 4.90 Å². The summed E-state index contributed by atoms with van der Waals surface area (Å²) in [5, 5.41) is 0. The van der Waals surface area contributed by atoms with E-state index < -0.39 is 0 Å². The molecule has 0 saturated carbocycles. The van der Waals surface area contributed by atoms with Crippen LogP contribution in [-0.2, 0) is 0 Å². The number of rotatable bonds is 5. The molecule has 3 aliphatic rings. The van der Waals surface area contributed by atoms with Crippen LogP contribution in [0.25, 0.3) is 16.7 Å². The van der Waals surface area contributed by atoms with Gasteiger partial charge in [0.1, 0.15) is 0 Å². The number of hydrogen-bond donors (Lipinski definition) is 0. The summed E-state index contributed by atoms with van der Waals surface area (Å²) in [6, 6.07) is 42.8. The minimum Gasteiger partial charge on any atom is -0.313 e. The Morgan fingerprint density at radius 2 is 1.39 bits per heavy atom. The number of nitrogens with zero attached hydrogens (tertiary/aromatic N) is 1. The Balaban J connectivity index is 1.49. The van der Waals surface area contributed by atoms with E-state index >= 15 is 0 Å². The first-order chi connectivity index (χ1) is 21.8. The van der Waals surface area contributed by atoms with Gasteiger partial charge in [-0.1, -0.05) is 151 Å². The first-order valence-electron chi connectivity index (χ1n) is 15.7. The summed E-state index contributed by atoms with van der Waals surface area (Å²) in [5.74, 6) is 0. The Labute approximate surface area is 261 Å². The van der Waals surface area contributed by atoms with Crippen molar-refractivity contribution in [1.82, 2.24) is 0 Å². The van der Waals surface area contributed by atoms with Crippen molar-refractivity contribution in [3.8, 4) is 11.1 Å². The van der Waals surface area contributed by atoms with Gasteiger partial charge in [-0.2, -0.15) is 0 Å². The fourth-order valence-electron chi connectivity index (χ4n) is 7.59. The molecule has 5 aromatic rings. The standard InChI is InChI=1S/C41H33B2N/c1-3-29(4-2)32-26-37-41-38(27-32)43(34-20-12-7-13-21-34)36-25-24-31(30-16-8-5-9-17-30)28-40(36)44(41)39-23-15-14-22-35(39)42(37)33-18-10-6-11-19-33/h3-5,7-10,12-28H,1,6,11H2,2H3/b29-4+. The summed E-state index contributed by atoms with van der Waals surface area (Å²) < 4.78 is 0. The molecular weight excluding hydrogens is 528 g/mol. The van der Waals surface area contributed by atoms with Gasteiger partial charge in [0.25, 0.3) is 0 Å². The van der Waals surface area contributed by atoms with Crippen molar-refractivity contribution < 1.29 is 0 Å². The maximum atomic E-state index is 4.20. The van der Waals surface area contributed by atoms with E-state index in [1.54, 1.807) is 0 Å². The Bertz CT molecular complexity index is 2000. The quantitative estimate of drug-likeness (QED) is 0.162. The predicted molar refractivity (Wildman–Crippen MR) is 193 cm³/mol. The predicted octanol–water partition coefficient (Wildman–Crippen LogP) is 6.98. The summed E-state index contributed by atoms with van der Waals surface area (Å²) in [5.41, 5.74) is 16.8. The Morgan fingerprint density at radius 1 is 0.682 bits per heavy atom. The van der Waals surface area contributed by atoms with Crippen LogP contribution in [0.1, 0.15) is 25.3 Å². The highest BCUT2D eigenvalue weighted by atomic mass is 15.2. The molecule has 0 N–H and O–H groups in total. The molecule has 0 aromatic heterocycles. The van der Waals surface area contributed by atoms with Crippen molar-refractivity contribution in [3.63, 3.8) is 0 Å². The monoisotopic (exact) mass is 561 g/mol. The number of anilines is 3. The molecule has 2 aliphatic heterocycles. The third-order valence-electron chi connectivity index (χ3n) is 9.55. The first kappa shape index (κ1) is 26.6. The van der Waals surface area contributed by atoms with Crippen LogP contribution in [-0.4, -0.2) is 13.4 Å².